The molecule has 0 saturated carbocycles. The first-order valence-corrected chi connectivity index (χ1v) is 6.26. The highest BCUT2D eigenvalue weighted by atomic mass is 16.2. The van der Waals surface area contributed by atoms with Gasteiger partial charge in [0, 0.05) is 19.5 Å². The molecule has 1 atom stereocenters. The third-order valence-electron chi connectivity index (χ3n) is 3.16. The minimum Gasteiger partial charge on any atom is -0.324 e. The van der Waals surface area contributed by atoms with Crippen molar-refractivity contribution in [3.63, 3.8) is 0 Å². The Morgan fingerprint density at radius 2 is 2.12 bits per heavy atom. The van der Waals surface area contributed by atoms with Crippen molar-refractivity contribution in [2.75, 3.05) is 13.1 Å². The number of hydrogen-bond acceptors (Lipinski definition) is 2. The smallest absolute Gasteiger partial charge is 0.324 e. The van der Waals surface area contributed by atoms with Crippen molar-refractivity contribution in [2.45, 2.75) is 46.0 Å². The summed E-state index contributed by atoms with van der Waals surface area (Å²) in [6, 6.07) is -0.216. The molecule has 0 aliphatic carbocycles. The van der Waals surface area contributed by atoms with E-state index < -0.39 is 0 Å². The molecule has 4 nitrogen and oxygen atoms in total. The number of unbranched alkanes of at least 4 members (excludes halogenated alkanes) is 1. The second-order valence-corrected chi connectivity index (χ2v) is 4.47. The van der Waals surface area contributed by atoms with Crippen LogP contribution >= 0.6 is 0 Å². The average Bonchev–Trinajstić information content (AvgIpc) is 2.27. The topological polar surface area (TPSA) is 49.4 Å². The molecule has 1 fully saturated rings. The van der Waals surface area contributed by atoms with Crippen LogP contribution < -0.4 is 5.32 Å². The fourth-order valence-electron chi connectivity index (χ4n) is 2.00. The van der Waals surface area contributed by atoms with Gasteiger partial charge < -0.3 is 4.90 Å². The van der Waals surface area contributed by atoms with Gasteiger partial charge in [0.2, 0.25) is 5.91 Å². The minimum absolute atomic E-state index is 0.150. The molecule has 0 aromatic carbocycles. The average molecular weight is 226 g/mol. The zero-order chi connectivity index (χ0) is 12.0. The number of urea groups is 1. The van der Waals surface area contributed by atoms with Crippen LogP contribution in [0.3, 0.4) is 0 Å². The Hall–Kier alpha value is -1.06. The third kappa shape index (κ3) is 3.83. The van der Waals surface area contributed by atoms with Crippen molar-refractivity contribution < 1.29 is 9.59 Å². The SMILES string of the molecule is CCCCC(CC)CN1CCC(=O)NC1=O. The Bertz CT molecular complexity index is 253. The maximum atomic E-state index is 11.5. The van der Waals surface area contributed by atoms with Gasteiger partial charge in [-0.05, 0) is 12.3 Å². The number of carbonyl (C=O) groups is 2. The van der Waals surface area contributed by atoms with E-state index in [9.17, 15) is 9.59 Å². The van der Waals surface area contributed by atoms with E-state index in [1.54, 1.807) is 4.90 Å². The van der Waals surface area contributed by atoms with Crippen LogP contribution in [0.4, 0.5) is 4.79 Å². The third-order valence-corrected chi connectivity index (χ3v) is 3.16. The molecule has 0 aromatic heterocycles. The fraction of sp³-hybridized carbons (Fsp3) is 0.833. The molecule has 1 unspecified atom stereocenters. The maximum Gasteiger partial charge on any atom is 0.324 e. The van der Waals surface area contributed by atoms with Crippen molar-refractivity contribution >= 4 is 11.9 Å². The lowest BCUT2D eigenvalue weighted by Crippen LogP contribution is -2.50. The summed E-state index contributed by atoms with van der Waals surface area (Å²) in [6.07, 6.45) is 5.12. The quantitative estimate of drug-likeness (QED) is 0.754. The van der Waals surface area contributed by atoms with Crippen LogP contribution in [0.5, 0.6) is 0 Å². The number of nitrogens with one attached hydrogen (secondary N) is 1. The number of nitrogens with zero attached hydrogens (tertiary/aromatic N) is 1. The standard InChI is InChI=1S/C12H22N2O2/c1-3-5-6-10(4-2)9-14-8-7-11(15)13-12(14)16/h10H,3-9H2,1-2H3,(H,13,15,16). The zero-order valence-corrected chi connectivity index (χ0v) is 10.3. The van der Waals surface area contributed by atoms with Crippen LogP contribution in [0, 0.1) is 5.92 Å². The summed E-state index contributed by atoms with van der Waals surface area (Å²) in [6.45, 7) is 5.70. The van der Waals surface area contributed by atoms with E-state index in [0.717, 1.165) is 13.0 Å². The first-order chi connectivity index (χ1) is 7.67. The van der Waals surface area contributed by atoms with Gasteiger partial charge in [0.05, 0.1) is 0 Å². The van der Waals surface area contributed by atoms with Gasteiger partial charge in [-0.1, -0.05) is 33.1 Å². The summed E-state index contributed by atoms with van der Waals surface area (Å²) in [4.78, 5) is 24.3. The van der Waals surface area contributed by atoms with Crippen LogP contribution in [-0.4, -0.2) is 29.9 Å². The number of amides is 3. The molecule has 1 rings (SSSR count). The molecule has 0 radical (unpaired) electrons. The fourth-order valence-corrected chi connectivity index (χ4v) is 2.00. The Kier molecular flexibility index (Phi) is 5.29. The molecule has 4 heteroatoms. The highest BCUT2D eigenvalue weighted by molar-refractivity contribution is 5.96. The molecule has 0 aromatic rings. The largest absolute Gasteiger partial charge is 0.324 e. The first-order valence-electron chi connectivity index (χ1n) is 6.26. The zero-order valence-electron chi connectivity index (χ0n) is 10.3. The van der Waals surface area contributed by atoms with Gasteiger partial charge in [-0.2, -0.15) is 0 Å². The van der Waals surface area contributed by atoms with E-state index in [2.05, 4.69) is 19.2 Å². The lowest BCUT2D eigenvalue weighted by molar-refractivity contribution is -0.121. The summed E-state index contributed by atoms with van der Waals surface area (Å²) in [5.41, 5.74) is 0. The van der Waals surface area contributed by atoms with Crippen molar-refractivity contribution in [1.82, 2.24) is 10.2 Å². The highest BCUT2D eigenvalue weighted by Crippen LogP contribution is 2.15. The summed E-state index contributed by atoms with van der Waals surface area (Å²) < 4.78 is 0. The number of hydrogen-bond donors (Lipinski definition) is 1. The van der Waals surface area contributed by atoms with E-state index in [0.29, 0.717) is 18.9 Å². The monoisotopic (exact) mass is 226 g/mol. The Labute approximate surface area is 97.4 Å². The van der Waals surface area contributed by atoms with E-state index in [1.807, 2.05) is 0 Å². The van der Waals surface area contributed by atoms with E-state index in [4.69, 9.17) is 0 Å². The van der Waals surface area contributed by atoms with Crippen molar-refractivity contribution in [3.05, 3.63) is 0 Å². The van der Waals surface area contributed by atoms with Crippen LogP contribution in [0.25, 0.3) is 0 Å². The molecule has 0 bridgehead atoms. The van der Waals surface area contributed by atoms with Crippen LogP contribution in [0.2, 0.25) is 0 Å². The lowest BCUT2D eigenvalue weighted by Gasteiger charge is -2.30. The number of imide groups is 1. The summed E-state index contributed by atoms with van der Waals surface area (Å²) in [5.74, 6) is 0.418. The second-order valence-electron chi connectivity index (χ2n) is 4.47. The Morgan fingerprint density at radius 3 is 2.69 bits per heavy atom. The lowest BCUT2D eigenvalue weighted by atomic mass is 9.98. The van der Waals surface area contributed by atoms with Gasteiger partial charge in [0.25, 0.3) is 0 Å². The first kappa shape index (κ1) is 13.0. The molecule has 1 heterocycles. The van der Waals surface area contributed by atoms with Crippen molar-refractivity contribution in [2.24, 2.45) is 5.92 Å². The molecule has 16 heavy (non-hydrogen) atoms. The molecule has 1 aliphatic rings. The van der Waals surface area contributed by atoms with Gasteiger partial charge >= 0.3 is 6.03 Å². The van der Waals surface area contributed by atoms with Crippen LogP contribution in [-0.2, 0) is 4.79 Å². The Balaban J connectivity index is 2.39. The molecule has 1 saturated heterocycles. The molecule has 3 amide bonds. The molecule has 1 N–H and O–H groups in total. The van der Waals surface area contributed by atoms with Crippen LogP contribution in [0.15, 0.2) is 0 Å². The minimum atomic E-state index is -0.216. The van der Waals surface area contributed by atoms with Gasteiger partial charge in [-0.25, -0.2) is 4.79 Å². The number of carbonyl (C=O) groups excluding carboxylic acids is 2. The number of rotatable bonds is 6. The maximum absolute atomic E-state index is 11.5. The van der Waals surface area contributed by atoms with E-state index in [1.165, 1.54) is 19.3 Å². The molecule has 0 spiro atoms. The molecule has 1 aliphatic heterocycles. The van der Waals surface area contributed by atoms with Crippen molar-refractivity contribution in [3.8, 4) is 0 Å². The molecular weight excluding hydrogens is 204 g/mol. The van der Waals surface area contributed by atoms with Crippen molar-refractivity contribution in [1.29, 1.82) is 0 Å². The second kappa shape index (κ2) is 6.51. The highest BCUT2D eigenvalue weighted by Gasteiger charge is 2.24. The summed E-state index contributed by atoms with van der Waals surface area (Å²) in [7, 11) is 0. The van der Waals surface area contributed by atoms with Gasteiger partial charge in [0.1, 0.15) is 0 Å². The van der Waals surface area contributed by atoms with Gasteiger partial charge in [-0.15, -0.1) is 0 Å². The van der Waals surface area contributed by atoms with E-state index in [-0.39, 0.29) is 11.9 Å². The van der Waals surface area contributed by atoms with Gasteiger partial charge in [-0.3, -0.25) is 10.1 Å². The molecular formula is C12H22N2O2. The predicted octanol–water partition coefficient (Wildman–Crippen LogP) is 2.14. The Morgan fingerprint density at radius 1 is 1.38 bits per heavy atom. The predicted molar refractivity (Wildman–Crippen MR) is 63.0 cm³/mol. The summed E-state index contributed by atoms with van der Waals surface area (Å²) in [5, 5.41) is 2.36. The molecule has 92 valence electrons. The summed E-state index contributed by atoms with van der Waals surface area (Å²) >= 11 is 0. The van der Waals surface area contributed by atoms with E-state index >= 15 is 0 Å². The van der Waals surface area contributed by atoms with Gasteiger partial charge in [0.15, 0.2) is 0 Å². The normalized spacial score (nSPS) is 18.5. The van der Waals surface area contributed by atoms with Crippen LogP contribution in [0.1, 0.15) is 46.0 Å².